The van der Waals surface area contributed by atoms with Crippen molar-refractivity contribution < 1.29 is 9.59 Å². The van der Waals surface area contributed by atoms with Crippen LogP contribution in [-0.2, 0) is 6.54 Å². The fourth-order valence-corrected chi connectivity index (χ4v) is 2.24. The number of unbranched alkanes of at least 4 members (excludes halogenated alkanes) is 2. The Morgan fingerprint density at radius 2 is 2.16 bits per heavy atom. The number of benzene rings is 1. The van der Waals surface area contributed by atoms with E-state index in [4.69, 9.17) is 0 Å². The molecule has 0 unspecified atom stereocenters. The predicted octanol–water partition coefficient (Wildman–Crippen LogP) is 3.43. The minimum Gasteiger partial charge on any atom is -0.323 e. The summed E-state index contributed by atoms with van der Waals surface area (Å²) in [7, 11) is 1.74. The van der Waals surface area contributed by atoms with Gasteiger partial charge in [-0.25, -0.2) is 4.79 Å². The van der Waals surface area contributed by atoms with E-state index in [2.05, 4.69) is 12.2 Å². The fourth-order valence-electron chi connectivity index (χ4n) is 2.24. The van der Waals surface area contributed by atoms with E-state index in [1.165, 1.54) is 0 Å². The highest BCUT2D eigenvalue weighted by Crippen LogP contribution is 2.24. The molecule has 1 N–H and O–H groups in total. The van der Waals surface area contributed by atoms with E-state index < -0.39 is 0 Å². The summed E-state index contributed by atoms with van der Waals surface area (Å²) in [5, 5.41) is 2.80. The zero-order valence-electron chi connectivity index (χ0n) is 11.5. The number of nitrogens with one attached hydrogen (secondary N) is 1. The second kappa shape index (κ2) is 5.87. The summed E-state index contributed by atoms with van der Waals surface area (Å²) in [6, 6.07) is 5.43. The first-order valence-electron chi connectivity index (χ1n) is 6.80. The lowest BCUT2D eigenvalue weighted by molar-refractivity contribution is 0.0979. The Kier molecular flexibility index (Phi) is 4.20. The molecule has 0 fully saturated rings. The molecule has 0 atom stereocenters. The number of hydrogen-bond acceptors (Lipinski definition) is 2. The Morgan fingerprint density at radius 3 is 2.89 bits per heavy atom. The molecule has 1 aliphatic heterocycles. The zero-order chi connectivity index (χ0) is 13.8. The van der Waals surface area contributed by atoms with Crippen molar-refractivity contribution in [1.82, 2.24) is 4.90 Å². The van der Waals surface area contributed by atoms with Crippen molar-refractivity contribution in [2.45, 2.75) is 39.2 Å². The van der Waals surface area contributed by atoms with Gasteiger partial charge in [-0.2, -0.15) is 0 Å². The Hall–Kier alpha value is -1.84. The number of carbonyl (C=O) groups excluding carboxylic acids is 2. The quantitative estimate of drug-likeness (QED) is 0.651. The van der Waals surface area contributed by atoms with Gasteiger partial charge in [-0.1, -0.05) is 19.8 Å². The minimum atomic E-state index is -0.102. The smallest absolute Gasteiger partial charge is 0.321 e. The van der Waals surface area contributed by atoms with Gasteiger partial charge in [0.05, 0.1) is 0 Å². The molecule has 2 amide bonds. The Labute approximate surface area is 113 Å². The highest BCUT2D eigenvalue weighted by molar-refractivity contribution is 5.98. The van der Waals surface area contributed by atoms with Crippen LogP contribution in [0.15, 0.2) is 18.2 Å². The second-order valence-electron chi connectivity index (χ2n) is 5.04. The Bertz CT molecular complexity index is 497. The van der Waals surface area contributed by atoms with Crippen molar-refractivity contribution in [3.05, 3.63) is 29.3 Å². The first-order chi connectivity index (χ1) is 9.11. The van der Waals surface area contributed by atoms with Crippen molar-refractivity contribution in [2.75, 3.05) is 12.4 Å². The van der Waals surface area contributed by atoms with Crippen molar-refractivity contribution in [3.8, 4) is 0 Å². The number of hydrogen-bond donors (Lipinski definition) is 1. The van der Waals surface area contributed by atoms with Crippen LogP contribution in [0.3, 0.4) is 0 Å². The summed E-state index contributed by atoms with van der Waals surface area (Å²) >= 11 is 0. The molecule has 0 spiro atoms. The SMILES string of the molecule is CCCCCC(=O)c1ccc2c(c1)CN(C)C(=O)N2. The predicted molar refractivity (Wildman–Crippen MR) is 75.4 cm³/mol. The summed E-state index contributed by atoms with van der Waals surface area (Å²) in [6.45, 7) is 2.68. The lowest BCUT2D eigenvalue weighted by atomic mass is 10.0. The van der Waals surface area contributed by atoms with E-state index in [1.807, 2.05) is 12.1 Å². The second-order valence-corrected chi connectivity index (χ2v) is 5.04. The number of Topliss-reactive ketones (excluding diaryl/α,β-unsaturated/α-hetero) is 1. The number of anilines is 1. The largest absolute Gasteiger partial charge is 0.323 e. The van der Waals surface area contributed by atoms with Gasteiger partial charge in [0.2, 0.25) is 0 Å². The monoisotopic (exact) mass is 260 g/mol. The van der Waals surface area contributed by atoms with E-state index in [0.717, 1.165) is 36.1 Å². The third-order valence-electron chi connectivity index (χ3n) is 3.43. The molecule has 0 aromatic heterocycles. The molecule has 0 saturated heterocycles. The average molecular weight is 260 g/mol. The normalized spacial score (nSPS) is 14.0. The number of fused-ring (bicyclic) bond motifs is 1. The summed E-state index contributed by atoms with van der Waals surface area (Å²) < 4.78 is 0. The average Bonchev–Trinajstić information content (AvgIpc) is 2.40. The number of amides is 2. The van der Waals surface area contributed by atoms with Crippen LogP contribution in [0.5, 0.6) is 0 Å². The Balaban J connectivity index is 2.10. The maximum absolute atomic E-state index is 12.1. The first kappa shape index (κ1) is 13.6. The molecule has 0 radical (unpaired) electrons. The topological polar surface area (TPSA) is 49.4 Å². The standard InChI is InChI=1S/C15H20N2O2/c1-3-4-5-6-14(18)11-7-8-13-12(9-11)10-17(2)15(19)16-13/h7-9H,3-6,10H2,1-2H3,(H,16,19). The number of nitrogens with zero attached hydrogens (tertiary/aromatic N) is 1. The van der Waals surface area contributed by atoms with Gasteiger partial charge in [0.15, 0.2) is 5.78 Å². The van der Waals surface area contributed by atoms with Gasteiger partial charge in [-0.15, -0.1) is 0 Å². The Morgan fingerprint density at radius 1 is 1.37 bits per heavy atom. The van der Waals surface area contributed by atoms with E-state index >= 15 is 0 Å². The molecule has 1 aromatic rings. The number of urea groups is 1. The molecule has 19 heavy (non-hydrogen) atoms. The van der Waals surface area contributed by atoms with E-state index in [0.29, 0.717) is 13.0 Å². The van der Waals surface area contributed by atoms with E-state index in [1.54, 1.807) is 18.0 Å². The number of ketones is 1. The summed E-state index contributed by atoms with van der Waals surface area (Å²) in [5.74, 6) is 0.191. The highest BCUT2D eigenvalue weighted by Gasteiger charge is 2.20. The molecular formula is C15H20N2O2. The maximum atomic E-state index is 12.1. The van der Waals surface area contributed by atoms with Crippen molar-refractivity contribution in [2.24, 2.45) is 0 Å². The van der Waals surface area contributed by atoms with Crippen LogP contribution in [0.25, 0.3) is 0 Å². The molecule has 4 heteroatoms. The molecule has 1 heterocycles. The molecule has 102 valence electrons. The molecular weight excluding hydrogens is 240 g/mol. The third-order valence-corrected chi connectivity index (χ3v) is 3.43. The maximum Gasteiger partial charge on any atom is 0.321 e. The third kappa shape index (κ3) is 3.13. The molecule has 0 aliphatic carbocycles. The molecule has 1 aromatic carbocycles. The van der Waals surface area contributed by atoms with Crippen molar-refractivity contribution in [3.63, 3.8) is 0 Å². The first-order valence-corrected chi connectivity index (χ1v) is 6.80. The van der Waals surface area contributed by atoms with Crippen LogP contribution < -0.4 is 5.32 Å². The van der Waals surface area contributed by atoms with E-state index in [9.17, 15) is 9.59 Å². The van der Waals surface area contributed by atoms with Crippen LogP contribution >= 0.6 is 0 Å². The van der Waals surface area contributed by atoms with Gasteiger partial charge in [0.25, 0.3) is 0 Å². The molecule has 1 aliphatic rings. The van der Waals surface area contributed by atoms with Crippen LogP contribution in [0.2, 0.25) is 0 Å². The summed E-state index contributed by atoms with van der Waals surface area (Å²) in [5.41, 5.74) is 2.57. The van der Waals surface area contributed by atoms with Crippen LogP contribution in [0.4, 0.5) is 10.5 Å². The molecule has 2 rings (SSSR count). The zero-order valence-corrected chi connectivity index (χ0v) is 11.5. The lowest BCUT2D eigenvalue weighted by Crippen LogP contribution is -2.35. The van der Waals surface area contributed by atoms with Gasteiger partial charge in [-0.05, 0) is 30.2 Å². The number of rotatable bonds is 5. The van der Waals surface area contributed by atoms with Gasteiger partial charge in [0, 0.05) is 31.3 Å². The van der Waals surface area contributed by atoms with Gasteiger partial charge in [-0.3, -0.25) is 4.79 Å². The summed E-state index contributed by atoms with van der Waals surface area (Å²) in [4.78, 5) is 25.2. The van der Waals surface area contributed by atoms with Crippen LogP contribution in [-0.4, -0.2) is 23.8 Å². The molecule has 4 nitrogen and oxygen atoms in total. The van der Waals surface area contributed by atoms with Gasteiger partial charge in [0.1, 0.15) is 0 Å². The van der Waals surface area contributed by atoms with Crippen LogP contribution in [0.1, 0.15) is 48.5 Å². The fraction of sp³-hybridized carbons (Fsp3) is 0.467. The summed E-state index contributed by atoms with van der Waals surface area (Å²) in [6.07, 6.45) is 3.77. The highest BCUT2D eigenvalue weighted by atomic mass is 16.2. The lowest BCUT2D eigenvalue weighted by Gasteiger charge is -2.26. The van der Waals surface area contributed by atoms with Gasteiger partial charge >= 0.3 is 6.03 Å². The van der Waals surface area contributed by atoms with Crippen LogP contribution in [0, 0.1) is 0 Å². The van der Waals surface area contributed by atoms with E-state index in [-0.39, 0.29) is 11.8 Å². The van der Waals surface area contributed by atoms with Gasteiger partial charge < -0.3 is 10.2 Å². The van der Waals surface area contributed by atoms with Crippen molar-refractivity contribution in [1.29, 1.82) is 0 Å². The number of carbonyl (C=O) groups is 2. The molecule has 0 saturated carbocycles. The minimum absolute atomic E-state index is 0.102. The van der Waals surface area contributed by atoms with Crippen molar-refractivity contribution >= 4 is 17.5 Å². The molecule has 0 bridgehead atoms.